The largest absolute Gasteiger partial charge is 0.441 e. The van der Waals surface area contributed by atoms with Crippen molar-refractivity contribution >= 4 is 16.1 Å². The second-order valence-corrected chi connectivity index (χ2v) is 5.58. The molecule has 0 spiro atoms. The summed E-state index contributed by atoms with van der Waals surface area (Å²) >= 11 is 0. The molecule has 0 amide bonds. The van der Waals surface area contributed by atoms with Gasteiger partial charge >= 0.3 is 27.5 Å². The zero-order valence-electron chi connectivity index (χ0n) is 10.7. The van der Waals surface area contributed by atoms with E-state index in [4.69, 9.17) is 4.55 Å². The lowest BCUT2D eigenvalue weighted by Gasteiger charge is -2.26. The van der Waals surface area contributed by atoms with Crippen LogP contribution in [0.25, 0.3) is 0 Å². The van der Waals surface area contributed by atoms with Gasteiger partial charge in [-0.3, -0.25) is 4.55 Å². The van der Waals surface area contributed by atoms with Crippen LogP contribution >= 0.6 is 0 Å². The highest BCUT2D eigenvalue weighted by atomic mass is 32.2. The van der Waals surface area contributed by atoms with E-state index in [2.05, 4.69) is 4.74 Å². The van der Waals surface area contributed by atoms with E-state index in [1.165, 1.54) is 0 Å². The summed E-state index contributed by atoms with van der Waals surface area (Å²) in [5.41, 5.74) is -2.10. The molecule has 136 valence electrons. The summed E-state index contributed by atoms with van der Waals surface area (Å²) < 4.78 is 135. The van der Waals surface area contributed by atoms with Gasteiger partial charge in [0.25, 0.3) is 6.10 Å². The molecular weight excluding hydrogens is 384 g/mol. The maximum atomic E-state index is 13.2. The van der Waals surface area contributed by atoms with Gasteiger partial charge in [0.2, 0.25) is 0 Å². The van der Waals surface area contributed by atoms with E-state index in [9.17, 15) is 48.3 Å². The first-order chi connectivity index (χ1) is 10.6. The molecule has 0 aliphatic carbocycles. The van der Waals surface area contributed by atoms with Crippen molar-refractivity contribution in [2.75, 3.05) is 0 Å². The van der Waals surface area contributed by atoms with Crippen LogP contribution in [0.4, 0.5) is 35.1 Å². The van der Waals surface area contributed by atoms with E-state index in [1.807, 2.05) is 0 Å². The summed E-state index contributed by atoms with van der Waals surface area (Å²) in [5.74, 6) is -9.00. The molecule has 0 radical (unpaired) electrons. The highest BCUT2D eigenvalue weighted by molar-refractivity contribution is 7.86. The third-order valence-corrected chi connectivity index (χ3v) is 3.32. The van der Waals surface area contributed by atoms with Gasteiger partial charge in [-0.1, -0.05) is 0 Å². The zero-order chi connectivity index (χ0) is 19.1. The molecule has 1 rings (SSSR count). The summed E-state index contributed by atoms with van der Waals surface area (Å²) in [6.07, 6.45) is -11.1. The number of carbonyl (C=O) groups excluding carboxylic acids is 1. The van der Waals surface area contributed by atoms with Gasteiger partial charge in [0, 0.05) is 0 Å². The third-order valence-electron chi connectivity index (χ3n) is 2.42. The monoisotopic (exact) mass is 388 g/mol. The minimum atomic E-state index is -6.73. The van der Waals surface area contributed by atoms with Crippen LogP contribution in [0.3, 0.4) is 0 Å². The zero-order valence-corrected chi connectivity index (χ0v) is 11.6. The highest BCUT2D eigenvalue weighted by Gasteiger charge is 2.66. The van der Waals surface area contributed by atoms with Crippen LogP contribution in [-0.2, 0) is 14.9 Å². The first kappa shape index (κ1) is 20.1. The quantitative estimate of drug-likeness (QED) is 0.371. The molecule has 0 aliphatic heterocycles. The first-order valence-corrected chi connectivity index (χ1v) is 6.80. The molecule has 1 aromatic carbocycles. The van der Waals surface area contributed by atoms with Crippen molar-refractivity contribution in [3.05, 3.63) is 35.1 Å². The average Bonchev–Trinajstić information content (AvgIpc) is 2.38. The van der Waals surface area contributed by atoms with Crippen LogP contribution in [0, 0.1) is 17.5 Å². The minimum absolute atomic E-state index is 0.0819. The van der Waals surface area contributed by atoms with Crippen molar-refractivity contribution in [2.24, 2.45) is 0 Å². The lowest BCUT2D eigenvalue weighted by atomic mass is 10.2. The standard InChI is InChI=1S/C10H4F8O5S/c11-3-1-2-4(12)6(13)5(3)7(19)23-8(9(14,15)16)10(17,18)24(20,21)22/h1-2,8H,(H,20,21,22). The summed E-state index contributed by atoms with van der Waals surface area (Å²) in [6.45, 7) is 0. The number of rotatable bonds is 4. The molecule has 5 nitrogen and oxygen atoms in total. The van der Waals surface area contributed by atoms with Crippen molar-refractivity contribution in [1.29, 1.82) is 0 Å². The number of halogens is 8. The van der Waals surface area contributed by atoms with Gasteiger partial charge < -0.3 is 4.74 Å². The number of hydrogen-bond acceptors (Lipinski definition) is 4. The molecule has 0 bridgehead atoms. The van der Waals surface area contributed by atoms with Crippen molar-refractivity contribution < 1.29 is 57.6 Å². The fourth-order valence-electron chi connectivity index (χ4n) is 1.34. The molecule has 0 saturated carbocycles. The van der Waals surface area contributed by atoms with Crippen LogP contribution < -0.4 is 0 Å². The van der Waals surface area contributed by atoms with E-state index in [0.29, 0.717) is 0 Å². The highest BCUT2D eigenvalue weighted by Crippen LogP contribution is 2.38. The molecule has 1 unspecified atom stereocenters. The summed E-state index contributed by atoms with van der Waals surface area (Å²) in [4.78, 5) is 11.3. The Kier molecular flexibility index (Phi) is 5.15. The maximum absolute atomic E-state index is 13.2. The molecule has 1 atom stereocenters. The lowest BCUT2D eigenvalue weighted by Crippen LogP contribution is -2.52. The number of benzene rings is 1. The molecule has 0 aromatic heterocycles. The van der Waals surface area contributed by atoms with Crippen LogP contribution in [0.5, 0.6) is 0 Å². The number of hydrogen-bond donors (Lipinski definition) is 1. The average molecular weight is 388 g/mol. The van der Waals surface area contributed by atoms with Crippen LogP contribution in [0.15, 0.2) is 12.1 Å². The van der Waals surface area contributed by atoms with E-state index in [-0.39, 0.29) is 12.1 Å². The Morgan fingerprint density at radius 1 is 1.04 bits per heavy atom. The van der Waals surface area contributed by atoms with Crippen molar-refractivity contribution in [3.63, 3.8) is 0 Å². The normalized spacial score (nSPS) is 14.4. The number of ether oxygens (including phenoxy) is 1. The summed E-state index contributed by atoms with van der Waals surface area (Å²) in [7, 11) is -6.73. The molecule has 0 heterocycles. The van der Waals surface area contributed by atoms with Gasteiger partial charge in [0.1, 0.15) is 11.4 Å². The van der Waals surface area contributed by atoms with E-state index in [1.54, 1.807) is 0 Å². The van der Waals surface area contributed by atoms with E-state index < -0.39 is 56.6 Å². The summed E-state index contributed by atoms with van der Waals surface area (Å²) in [5, 5.41) is -6.10. The van der Waals surface area contributed by atoms with Gasteiger partial charge in [-0.2, -0.15) is 30.4 Å². The smallest absolute Gasteiger partial charge is 0.432 e. The number of carbonyl (C=O) groups is 1. The second kappa shape index (κ2) is 6.16. The van der Waals surface area contributed by atoms with Gasteiger partial charge in [-0.25, -0.2) is 18.0 Å². The number of alkyl halides is 5. The predicted molar refractivity (Wildman–Crippen MR) is 58.1 cm³/mol. The van der Waals surface area contributed by atoms with Crippen LogP contribution in [0.2, 0.25) is 0 Å². The number of esters is 1. The van der Waals surface area contributed by atoms with Gasteiger partial charge in [0.15, 0.2) is 11.6 Å². The predicted octanol–water partition coefficient (Wildman–Crippen LogP) is 2.67. The van der Waals surface area contributed by atoms with Gasteiger partial charge in [-0.05, 0) is 12.1 Å². The molecule has 1 aromatic rings. The Balaban J connectivity index is 3.38. The molecule has 14 heteroatoms. The minimum Gasteiger partial charge on any atom is -0.441 e. The first-order valence-electron chi connectivity index (χ1n) is 5.36. The van der Waals surface area contributed by atoms with E-state index in [0.717, 1.165) is 0 Å². The molecule has 24 heavy (non-hydrogen) atoms. The topological polar surface area (TPSA) is 80.7 Å². The van der Waals surface area contributed by atoms with Gasteiger partial charge in [0.05, 0.1) is 0 Å². The SMILES string of the molecule is O=C(OC(C(F)(F)F)C(F)(F)S(=O)(=O)O)c1c(F)ccc(F)c1F. The Bertz CT molecular complexity index is 757. The Labute approximate surface area is 127 Å². The van der Waals surface area contributed by atoms with Crippen molar-refractivity contribution in [1.82, 2.24) is 0 Å². The fraction of sp³-hybridized carbons (Fsp3) is 0.300. The maximum Gasteiger partial charge on any atom is 0.432 e. The van der Waals surface area contributed by atoms with Crippen LogP contribution in [-0.4, -0.2) is 36.5 Å². The van der Waals surface area contributed by atoms with Crippen LogP contribution in [0.1, 0.15) is 10.4 Å². The molecule has 0 fully saturated rings. The molecule has 1 N–H and O–H groups in total. The summed E-state index contributed by atoms with van der Waals surface area (Å²) in [6, 6.07) is 0.216. The molecule has 0 saturated heterocycles. The molecular formula is C10H4F8O5S. The van der Waals surface area contributed by atoms with Gasteiger partial charge in [-0.15, -0.1) is 0 Å². The van der Waals surface area contributed by atoms with E-state index >= 15 is 0 Å². The Hall–Kier alpha value is -1.96. The van der Waals surface area contributed by atoms with Crippen molar-refractivity contribution in [3.8, 4) is 0 Å². The Morgan fingerprint density at radius 2 is 1.50 bits per heavy atom. The molecule has 0 aliphatic rings. The second-order valence-electron chi connectivity index (χ2n) is 4.08. The fourth-order valence-corrected chi connectivity index (χ4v) is 1.79. The lowest BCUT2D eigenvalue weighted by molar-refractivity contribution is -0.248. The Morgan fingerprint density at radius 3 is 1.92 bits per heavy atom. The third kappa shape index (κ3) is 3.75. The van der Waals surface area contributed by atoms with Crippen molar-refractivity contribution in [2.45, 2.75) is 17.5 Å².